The summed E-state index contributed by atoms with van der Waals surface area (Å²) in [6, 6.07) is 0. The van der Waals surface area contributed by atoms with Gasteiger partial charge in [0, 0.05) is 36.5 Å². The van der Waals surface area contributed by atoms with E-state index in [-0.39, 0.29) is 53.8 Å². The highest BCUT2D eigenvalue weighted by Crippen LogP contribution is 2.70. The molecule has 6 fully saturated rings. The molecule has 6 heteroatoms. The lowest BCUT2D eigenvalue weighted by molar-refractivity contribution is -0.272. The monoisotopic (exact) mass is 460 g/mol. The van der Waals surface area contributed by atoms with Gasteiger partial charge in [0.1, 0.15) is 11.9 Å². The van der Waals surface area contributed by atoms with Crippen molar-refractivity contribution in [2.24, 2.45) is 52.3 Å². The van der Waals surface area contributed by atoms with Gasteiger partial charge in [-0.05, 0) is 60.7 Å². The van der Waals surface area contributed by atoms with Crippen LogP contribution in [0.5, 0.6) is 0 Å². The number of aliphatic hydroxyl groups is 2. The molecule has 0 amide bonds. The van der Waals surface area contributed by atoms with Gasteiger partial charge < -0.3 is 19.7 Å². The highest BCUT2D eigenvalue weighted by Gasteiger charge is 2.72. The van der Waals surface area contributed by atoms with Crippen molar-refractivity contribution in [1.29, 1.82) is 0 Å². The van der Waals surface area contributed by atoms with E-state index in [1.165, 1.54) is 0 Å². The molecule has 0 aromatic rings. The molecule has 0 unspecified atom stereocenters. The van der Waals surface area contributed by atoms with E-state index < -0.39 is 28.8 Å². The van der Waals surface area contributed by atoms with Gasteiger partial charge >= 0.3 is 0 Å². The minimum Gasteiger partial charge on any atom is -0.393 e. The average Bonchev–Trinajstić information content (AvgIpc) is 3.20. The molecular formula is C27H40O6. The summed E-state index contributed by atoms with van der Waals surface area (Å²) in [5.74, 6) is 0.802. The number of carbonyl (C=O) groups is 2. The summed E-state index contributed by atoms with van der Waals surface area (Å²) in [6.07, 6.45) is 3.04. The number of ketones is 2. The predicted molar refractivity (Wildman–Crippen MR) is 120 cm³/mol. The summed E-state index contributed by atoms with van der Waals surface area (Å²) in [7, 11) is 0. The second kappa shape index (κ2) is 7.11. The first-order chi connectivity index (χ1) is 15.5. The van der Waals surface area contributed by atoms with E-state index in [1.54, 1.807) is 0 Å². The highest BCUT2D eigenvalue weighted by atomic mass is 16.7. The van der Waals surface area contributed by atoms with Crippen LogP contribution >= 0.6 is 0 Å². The summed E-state index contributed by atoms with van der Waals surface area (Å²) in [5, 5.41) is 21.4. The molecule has 4 aliphatic carbocycles. The summed E-state index contributed by atoms with van der Waals surface area (Å²) < 4.78 is 13.1. The normalized spacial score (nSPS) is 60.3. The number of rotatable bonds is 0. The van der Waals surface area contributed by atoms with Crippen LogP contribution in [0.15, 0.2) is 0 Å². The van der Waals surface area contributed by atoms with Crippen LogP contribution < -0.4 is 0 Å². The van der Waals surface area contributed by atoms with Crippen LogP contribution in [0.2, 0.25) is 0 Å². The molecule has 1 spiro atoms. The molecule has 0 bridgehead atoms. The zero-order valence-corrected chi connectivity index (χ0v) is 20.5. The van der Waals surface area contributed by atoms with Crippen LogP contribution in [0.3, 0.4) is 0 Å². The van der Waals surface area contributed by atoms with Crippen molar-refractivity contribution in [2.45, 2.75) is 96.7 Å². The number of fused-ring (bicyclic) bond motifs is 7. The van der Waals surface area contributed by atoms with E-state index in [2.05, 4.69) is 27.7 Å². The minimum atomic E-state index is -0.978. The van der Waals surface area contributed by atoms with E-state index in [0.717, 1.165) is 19.3 Å². The second-order valence-electron chi connectivity index (χ2n) is 13.1. The van der Waals surface area contributed by atoms with Crippen molar-refractivity contribution in [2.75, 3.05) is 6.61 Å². The summed E-state index contributed by atoms with van der Waals surface area (Å²) in [6.45, 7) is 9.42. The van der Waals surface area contributed by atoms with E-state index in [9.17, 15) is 19.8 Å². The Kier molecular flexibility index (Phi) is 4.88. The molecule has 33 heavy (non-hydrogen) atoms. The van der Waals surface area contributed by atoms with Gasteiger partial charge in [-0.3, -0.25) is 9.59 Å². The molecule has 6 nitrogen and oxygen atoms in total. The number of ether oxygens (including phenoxy) is 2. The quantitative estimate of drug-likeness (QED) is 0.577. The lowest BCUT2D eigenvalue weighted by Crippen LogP contribution is -2.62. The highest BCUT2D eigenvalue weighted by molar-refractivity contribution is 5.88. The SMILES string of the molecule is C[C@@H]1CC[C@@]2(OC1)O[C@H]1C[C@H]3[C@@H]4C[C@@H](O)[C@H]5C[C@@H](O)C(=O)C[C@]5(C)[C@H]4CC(=O)[C@]3(C)[C@H]1[C@@H]2C. The Balaban J connectivity index is 1.33. The average molecular weight is 461 g/mol. The van der Waals surface area contributed by atoms with Crippen molar-refractivity contribution in [3.63, 3.8) is 0 Å². The Labute approximate surface area is 196 Å². The van der Waals surface area contributed by atoms with E-state index in [4.69, 9.17) is 9.47 Å². The van der Waals surface area contributed by atoms with Crippen molar-refractivity contribution >= 4 is 11.6 Å². The molecule has 0 aromatic heterocycles. The Bertz CT molecular complexity index is 863. The maximum atomic E-state index is 14.0. The molecule has 0 aromatic carbocycles. The van der Waals surface area contributed by atoms with Gasteiger partial charge in [0.05, 0.1) is 18.8 Å². The Morgan fingerprint density at radius 3 is 2.45 bits per heavy atom. The van der Waals surface area contributed by atoms with Gasteiger partial charge in [-0.1, -0.05) is 27.7 Å². The van der Waals surface area contributed by atoms with Gasteiger partial charge in [-0.2, -0.15) is 0 Å². The largest absolute Gasteiger partial charge is 0.393 e. The maximum absolute atomic E-state index is 14.0. The molecule has 4 saturated carbocycles. The summed E-state index contributed by atoms with van der Waals surface area (Å²) in [4.78, 5) is 26.6. The van der Waals surface area contributed by atoms with Crippen molar-refractivity contribution in [3.8, 4) is 0 Å². The van der Waals surface area contributed by atoms with Crippen LogP contribution in [0.1, 0.15) is 72.6 Å². The number of Topliss-reactive ketones (excluding diaryl/α,β-unsaturated/α-hetero) is 2. The van der Waals surface area contributed by atoms with E-state index in [0.29, 0.717) is 37.6 Å². The van der Waals surface area contributed by atoms with Gasteiger partial charge in [-0.25, -0.2) is 0 Å². The van der Waals surface area contributed by atoms with Crippen LogP contribution in [-0.4, -0.2) is 52.5 Å². The molecule has 13 atom stereocenters. The number of hydrogen-bond donors (Lipinski definition) is 2. The minimum absolute atomic E-state index is 0.0172. The van der Waals surface area contributed by atoms with E-state index in [1.807, 2.05) is 0 Å². The smallest absolute Gasteiger partial charge is 0.171 e. The first-order valence-corrected chi connectivity index (χ1v) is 13.2. The topological polar surface area (TPSA) is 93.1 Å². The van der Waals surface area contributed by atoms with Gasteiger partial charge in [0.15, 0.2) is 11.6 Å². The first-order valence-electron chi connectivity index (χ1n) is 13.2. The molecule has 2 heterocycles. The Hall–Kier alpha value is -0.820. The molecule has 184 valence electrons. The number of carbonyl (C=O) groups excluding carboxylic acids is 2. The molecular weight excluding hydrogens is 420 g/mol. The standard InChI is InChI=1S/C27H40O6/c1-13-5-6-27(32-12-13)14(2)24-22(33-27)9-17-15-7-19(28)18-8-20(29)21(30)11-25(18,3)16(15)10-23(31)26(17,24)4/h13-20,22,24,28-29H,5-12H2,1-4H3/t13-,14+,15-,16+,17+,18-,19-,20-,22+,24+,25-,26-,27-/m1/s1. The first kappa shape index (κ1) is 22.6. The molecule has 6 rings (SSSR count). The third-order valence-corrected chi connectivity index (χ3v) is 11.6. The second-order valence-corrected chi connectivity index (χ2v) is 13.1. The van der Waals surface area contributed by atoms with Crippen molar-refractivity contribution in [1.82, 2.24) is 0 Å². The van der Waals surface area contributed by atoms with Crippen LogP contribution in [0, 0.1) is 52.3 Å². The fourth-order valence-electron chi connectivity index (χ4n) is 9.84. The zero-order chi connectivity index (χ0) is 23.5. The lowest BCUT2D eigenvalue weighted by Gasteiger charge is -2.61. The molecule has 2 saturated heterocycles. The van der Waals surface area contributed by atoms with Crippen LogP contribution in [0.4, 0.5) is 0 Å². The third-order valence-electron chi connectivity index (χ3n) is 11.6. The third kappa shape index (κ3) is 2.81. The predicted octanol–water partition coefficient (Wildman–Crippen LogP) is 3.12. The number of hydrogen-bond acceptors (Lipinski definition) is 6. The fourth-order valence-corrected chi connectivity index (χ4v) is 9.84. The van der Waals surface area contributed by atoms with Gasteiger partial charge in [0.2, 0.25) is 0 Å². The maximum Gasteiger partial charge on any atom is 0.171 e. The zero-order valence-electron chi connectivity index (χ0n) is 20.5. The van der Waals surface area contributed by atoms with Gasteiger partial charge in [-0.15, -0.1) is 0 Å². The number of aliphatic hydroxyl groups excluding tert-OH is 2. The lowest BCUT2D eigenvalue weighted by atomic mass is 9.43. The molecule has 6 aliphatic rings. The molecule has 2 aliphatic heterocycles. The summed E-state index contributed by atoms with van der Waals surface area (Å²) >= 11 is 0. The van der Waals surface area contributed by atoms with Crippen LogP contribution in [-0.2, 0) is 19.1 Å². The van der Waals surface area contributed by atoms with Crippen LogP contribution in [0.25, 0.3) is 0 Å². The van der Waals surface area contributed by atoms with Crippen molar-refractivity contribution < 1.29 is 29.3 Å². The fraction of sp³-hybridized carbons (Fsp3) is 0.926. The van der Waals surface area contributed by atoms with Gasteiger partial charge in [0.25, 0.3) is 0 Å². The Morgan fingerprint density at radius 2 is 1.76 bits per heavy atom. The molecule has 2 N–H and O–H groups in total. The Morgan fingerprint density at radius 1 is 1.00 bits per heavy atom. The summed E-state index contributed by atoms with van der Waals surface area (Å²) in [5.41, 5.74) is -0.897. The molecule has 0 radical (unpaired) electrons. The van der Waals surface area contributed by atoms with Crippen molar-refractivity contribution in [3.05, 3.63) is 0 Å². The van der Waals surface area contributed by atoms with E-state index >= 15 is 0 Å².